The lowest BCUT2D eigenvalue weighted by Crippen LogP contribution is -1.97. The molecule has 0 saturated carbocycles. The zero-order valence-corrected chi connectivity index (χ0v) is 19.5. The minimum absolute atomic E-state index is 0.796. The van der Waals surface area contributed by atoms with Crippen molar-refractivity contribution >= 4 is 54.9 Å². The quantitative estimate of drug-likeness (QED) is 0.257. The van der Waals surface area contributed by atoms with E-state index in [1.165, 1.54) is 0 Å². The maximum absolute atomic E-state index is 6.33. The number of furan rings is 2. The number of nitrogens with zero attached hydrogens (tertiary/aromatic N) is 2. The largest absolute Gasteiger partial charge is 0.452 e. The van der Waals surface area contributed by atoms with Crippen molar-refractivity contribution in [1.29, 1.82) is 0 Å². The normalized spacial score (nSPS) is 12.0. The van der Waals surface area contributed by atoms with Crippen molar-refractivity contribution in [3.05, 3.63) is 109 Å². The first-order valence-electron chi connectivity index (χ1n) is 12.1. The van der Waals surface area contributed by atoms with Crippen molar-refractivity contribution in [2.24, 2.45) is 0 Å². The Bertz CT molecular complexity index is 2120. The molecule has 8 aromatic rings. The van der Waals surface area contributed by atoms with Crippen LogP contribution < -0.4 is 0 Å². The molecule has 5 aromatic carbocycles. The Labute approximate surface area is 206 Å². The van der Waals surface area contributed by atoms with E-state index >= 15 is 0 Å². The number of fused-ring (bicyclic) bond motifs is 8. The number of aryl methyl sites for hydroxylation is 1. The highest BCUT2D eigenvalue weighted by atomic mass is 16.4. The van der Waals surface area contributed by atoms with Crippen LogP contribution in [-0.2, 0) is 0 Å². The summed E-state index contributed by atoms with van der Waals surface area (Å²) < 4.78 is 14.7. The lowest BCUT2D eigenvalue weighted by molar-refractivity contribution is 0.633. The molecule has 3 aromatic heterocycles. The summed E-state index contributed by atoms with van der Waals surface area (Å²) in [4.78, 5) is 4.74. The number of benzene rings is 5. The molecule has 0 N–H and O–H groups in total. The molecule has 4 nitrogen and oxygen atoms in total. The van der Waals surface area contributed by atoms with Crippen molar-refractivity contribution in [2.75, 3.05) is 0 Å². The van der Waals surface area contributed by atoms with E-state index in [-0.39, 0.29) is 0 Å². The molecule has 0 unspecified atom stereocenters. The van der Waals surface area contributed by atoms with E-state index in [0.29, 0.717) is 0 Å². The van der Waals surface area contributed by atoms with Crippen LogP contribution in [0.5, 0.6) is 0 Å². The monoisotopic (exact) mass is 464 g/mol. The summed E-state index contributed by atoms with van der Waals surface area (Å²) in [6, 6.07) is 35.7. The molecular formula is C32H20N2O2. The highest BCUT2D eigenvalue weighted by Crippen LogP contribution is 2.39. The van der Waals surface area contributed by atoms with E-state index < -0.39 is 0 Å². The maximum atomic E-state index is 6.33. The highest BCUT2D eigenvalue weighted by molar-refractivity contribution is 6.19. The van der Waals surface area contributed by atoms with Crippen LogP contribution in [0.3, 0.4) is 0 Å². The predicted octanol–water partition coefficient (Wildman–Crippen LogP) is 8.80. The summed E-state index contributed by atoms with van der Waals surface area (Å²) in [6.07, 6.45) is 0. The molecule has 0 aliphatic carbocycles. The first-order valence-corrected chi connectivity index (χ1v) is 12.1. The van der Waals surface area contributed by atoms with Crippen LogP contribution in [0.25, 0.3) is 71.7 Å². The van der Waals surface area contributed by atoms with Crippen LogP contribution in [0.4, 0.5) is 0 Å². The fraction of sp³-hybridized carbons (Fsp3) is 0.0312. The lowest BCUT2D eigenvalue weighted by atomic mass is 10.0. The molecule has 0 saturated heterocycles. The zero-order chi connectivity index (χ0) is 23.8. The van der Waals surface area contributed by atoms with Gasteiger partial charge in [-0.2, -0.15) is 0 Å². The smallest absolute Gasteiger partial charge is 0.178 e. The van der Waals surface area contributed by atoms with Crippen molar-refractivity contribution in [3.63, 3.8) is 0 Å². The second-order valence-corrected chi connectivity index (χ2v) is 9.26. The molecule has 8 rings (SSSR count). The maximum Gasteiger partial charge on any atom is 0.178 e. The summed E-state index contributed by atoms with van der Waals surface area (Å²) in [7, 11) is 0. The van der Waals surface area contributed by atoms with Crippen molar-refractivity contribution in [3.8, 4) is 16.8 Å². The van der Waals surface area contributed by atoms with Gasteiger partial charge in [0.1, 0.15) is 17.0 Å². The van der Waals surface area contributed by atoms with E-state index in [4.69, 9.17) is 13.8 Å². The third kappa shape index (κ3) is 2.67. The minimum atomic E-state index is 0.796. The van der Waals surface area contributed by atoms with Gasteiger partial charge in [0.15, 0.2) is 11.2 Å². The molecule has 0 aliphatic rings. The van der Waals surface area contributed by atoms with Crippen molar-refractivity contribution in [2.45, 2.75) is 6.92 Å². The van der Waals surface area contributed by atoms with Gasteiger partial charge in [-0.1, -0.05) is 48.5 Å². The Morgan fingerprint density at radius 1 is 0.583 bits per heavy atom. The van der Waals surface area contributed by atoms with Crippen LogP contribution in [0.1, 0.15) is 5.82 Å². The molecule has 0 fully saturated rings. The first kappa shape index (κ1) is 19.5. The van der Waals surface area contributed by atoms with Gasteiger partial charge in [0.2, 0.25) is 0 Å². The Balaban J connectivity index is 1.31. The molecule has 36 heavy (non-hydrogen) atoms. The van der Waals surface area contributed by atoms with Crippen LogP contribution in [0.15, 0.2) is 112 Å². The molecule has 0 bridgehead atoms. The summed E-state index contributed by atoms with van der Waals surface area (Å²) in [5.41, 5.74) is 8.82. The average Bonchev–Trinajstić information content (AvgIpc) is 3.58. The zero-order valence-electron chi connectivity index (χ0n) is 19.5. The van der Waals surface area contributed by atoms with Gasteiger partial charge in [0.25, 0.3) is 0 Å². The third-order valence-corrected chi connectivity index (χ3v) is 7.15. The van der Waals surface area contributed by atoms with Crippen molar-refractivity contribution < 1.29 is 8.83 Å². The average molecular weight is 465 g/mol. The Kier molecular flexibility index (Phi) is 3.84. The molecule has 0 spiro atoms. The fourth-order valence-corrected chi connectivity index (χ4v) is 5.49. The van der Waals surface area contributed by atoms with Gasteiger partial charge < -0.3 is 8.83 Å². The first-order chi connectivity index (χ1) is 17.7. The van der Waals surface area contributed by atoms with Crippen LogP contribution in [-0.4, -0.2) is 9.55 Å². The number of para-hydroxylation sites is 3. The Hall–Kier alpha value is -4.83. The molecule has 0 radical (unpaired) electrons. The Morgan fingerprint density at radius 3 is 2.19 bits per heavy atom. The molecule has 4 heteroatoms. The minimum Gasteiger partial charge on any atom is -0.452 e. The molecule has 0 aliphatic heterocycles. The van der Waals surface area contributed by atoms with E-state index in [0.717, 1.165) is 77.5 Å². The van der Waals surface area contributed by atoms with E-state index in [9.17, 15) is 0 Å². The van der Waals surface area contributed by atoms with Gasteiger partial charge in [0, 0.05) is 27.2 Å². The van der Waals surface area contributed by atoms with Crippen LogP contribution in [0, 0.1) is 6.92 Å². The number of hydrogen-bond acceptors (Lipinski definition) is 3. The number of hydrogen-bond donors (Lipinski definition) is 0. The van der Waals surface area contributed by atoms with Gasteiger partial charge in [-0.3, -0.25) is 4.57 Å². The van der Waals surface area contributed by atoms with Crippen LogP contribution >= 0.6 is 0 Å². The Morgan fingerprint density at radius 2 is 1.31 bits per heavy atom. The van der Waals surface area contributed by atoms with E-state index in [2.05, 4.69) is 90.4 Å². The summed E-state index contributed by atoms with van der Waals surface area (Å²) in [6.45, 7) is 2.05. The summed E-state index contributed by atoms with van der Waals surface area (Å²) in [5.74, 6) is 0.972. The van der Waals surface area contributed by atoms with Crippen molar-refractivity contribution in [1.82, 2.24) is 9.55 Å². The van der Waals surface area contributed by atoms with Crippen LogP contribution in [0.2, 0.25) is 0 Å². The standard InChI is InChI=1S/C32H20N2O2/c1-19-33-27-10-3-4-11-28(27)34(19)22-8-6-7-20(17-22)21-13-16-30-26(18-21)25-15-14-24-23-9-2-5-12-29(23)35-31(24)32(25)36-30/h2-18H,1H3. The van der Waals surface area contributed by atoms with E-state index in [1.54, 1.807) is 0 Å². The summed E-state index contributed by atoms with van der Waals surface area (Å²) in [5, 5.41) is 4.33. The fourth-order valence-electron chi connectivity index (χ4n) is 5.49. The topological polar surface area (TPSA) is 44.1 Å². The molecule has 170 valence electrons. The predicted molar refractivity (Wildman–Crippen MR) is 146 cm³/mol. The third-order valence-electron chi connectivity index (χ3n) is 7.15. The SMILES string of the molecule is Cc1nc2ccccc2n1-c1cccc(-c2ccc3oc4c(ccc5c6ccccc6oc54)c3c2)c1. The molecule has 0 amide bonds. The second kappa shape index (κ2) is 7.09. The summed E-state index contributed by atoms with van der Waals surface area (Å²) >= 11 is 0. The number of imidazole rings is 1. The highest BCUT2D eigenvalue weighted by Gasteiger charge is 2.16. The van der Waals surface area contributed by atoms with Gasteiger partial charge in [0.05, 0.1) is 11.0 Å². The van der Waals surface area contributed by atoms with Gasteiger partial charge in [-0.25, -0.2) is 4.98 Å². The second-order valence-electron chi connectivity index (χ2n) is 9.26. The number of rotatable bonds is 2. The molecule has 0 atom stereocenters. The number of aromatic nitrogens is 2. The van der Waals surface area contributed by atoms with Gasteiger partial charge in [-0.15, -0.1) is 0 Å². The molecular weight excluding hydrogens is 444 g/mol. The van der Waals surface area contributed by atoms with Gasteiger partial charge >= 0.3 is 0 Å². The lowest BCUT2D eigenvalue weighted by Gasteiger charge is -2.10. The molecule has 3 heterocycles. The van der Waals surface area contributed by atoms with Gasteiger partial charge in [-0.05, 0) is 72.6 Å². The van der Waals surface area contributed by atoms with E-state index in [1.807, 2.05) is 24.3 Å².